The number of carbonyl (C=O) groups is 1. The standard InChI is InChI=1S/C18H23N3O/c1-14(2)21-17-11-10-16(13-20-17)18(22)19-12-6-9-15-7-4-3-5-8-15/h3-5,7-8,10-11,13-14H,6,9,12H2,1-2H3,(H,19,22)(H,20,21). The van der Waals surface area contributed by atoms with Gasteiger partial charge in [-0.15, -0.1) is 0 Å². The first kappa shape index (κ1) is 16.0. The minimum Gasteiger partial charge on any atom is -0.368 e. The molecule has 22 heavy (non-hydrogen) atoms. The van der Waals surface area contributed by atoms with E-state index in [0.29, 0.717) is 18.2 Å². The first-order valence-electron chi connectivity index (χ1n) is 7.70. The number of amides is 1. The van der Waals surface area contributed by atoms with E-state index in [1.54, 1.807) is 12.3 Å². The van der Waals surface area contributed by atoms with E-state index >= 15 is 0 Å². The maximum Gasteiger partial charge on any atom is 0.252 e. The van der Waals surface area contributed by atoms with Crippen LogP contribution in [0, 0.1) is 0 Å². The van der Waals surface area contributed by atoms with Gasteiger partial charge in [0.25, 0.3) is 5.91 Å². The Kier molecular flexibility index (Phi) is 5.95. The number of hydrogen-bond donors (Lipinski definition) is 2. The van der Waals surface area contributed by atoms with E-state index in [4.69, 9.17) is 0 Å². The normalized spacial score (nSPS) is 10.5. The van der Waals surface area contributed by atoms with Crippen molar-refractivity contribution in [3.05, 3.63) is 59.8 Å². The van der Waals surface area contributed by atoms with Gasteiger partial charge >= 0.3 is 0 Å². The molecule has 0 bridgehead atoms. The van der Waals surface area contributed by atoms with Crippen LogP contribution >= 0.6 is 0 Å². The first-order chi connectivity index (χ1) is 10.6. The average molecular weight is 297 g/mol. The van der Waals surface area contributed by atoms with Crippen molar-refractivity contribution in [2.75, 3.05) is 11.9 Å². The molecule has 116 valence electrons. The van der Waals surface area contributed by atoms with Crippen molar-refractivity contribution in [1.82, 2.24) is 10.3 Å². The van der Waals surface area contributed by atoms with Gasteiger partial charge in [0.15, 0.2) is 0 Å². The fraction of sp³-hybridized carbons (Fsp3) is 0.333. The highest BCUT2D eigenvalue weighted by Crippen LogP contribution is 2.07. The quantitative estimate of drug-likeness (QED) is 0.771. The van der Waals surface area contributed by atoms with Gasteiger partial charge in [0.05, 0.1) is 5.56 Å². The van der Waals surface area contributed by atoms with Gasteiger partial charge in [0.1, 0.15) is 5.82 Å². The number of nitrogens with one attached hydrogen (secondary N) is 2. The van der Waals surface area contributed by atoms with Crippen molar-refractivity contribution in [1.29, 1.82) is 0 Å². The molecule has 0 aliphatic heterocycles. The first-order valence-corrected chi connectivity index (χ1v) is 7.70. The van der Waals surface area contributed by atoms with Gasteiger partial charge in [-0.05, 0) is 44.4 Å². The lowest BCUT2D eigenvalue weighted by molar-refractivity contribution is 0.0953. The molecule has 0 aliphatic rings. The summed E-state index contributed by atoms with van der Waals surface area (Å²) in [4.78, 5) is 16.3. The second-order valence-corrected chi connectivity index (χ2v) is 5.58. The van der Waals surface area contributed by atoms with Gasteiger partial charge in [0.2, 0.25) is 0 Å². The van der Waals surface area contributed by atoms with Crippen LogP contribution in [0.2, 0.25) is 0 Å². The summed E-state index contributed by atoms with van der Waals surface area (Å²) in [6.45, 7) is 4.77. The highest BCUT2D eigenvalue weighted by atomic mass is 16.1. The van der Waals surface area contributed by atoms with Gasteiger partial charge < -0.3 is 10.6 Å². The highest BCUT2D eigenvalue weighted by molar-refractivity contribution is 5.94. The molecule has 0 saturated heterocycles. The Bertz CT molecular complexity index is 579. The summed E-state index contributed by atoms with van der Waals surface area (Å²) in [7, 11) is 0. The zero-order chi connectivity index (χ0) is 15.8. The van der Waals surface area contributed by atoms with Crippen molar-refractivity contribution in [2.45, 2.75) is 32.7 Å². The Balaban J connectivity index is 1.75. The Labute approximate surface area is 132 Å². The highest BCUT2D eigenvalue weighted by Gasteiger charge is 2.06. The van der Waals surface area contributed by atoms with Crippen LogP contribution in [0.3, 0.4) is 0 Å². The van der Waals surface area contributed by atoms with Crippen LogP contribution < -0.4 is 10.6 Å². The van der Waals surface area contributed by atoms with Crippen molar-refractivity contribution < 1.29 is 4.79 Å². The van der Waals surface area contributed by atoms with E-state index in [-0.39, 0.29) is 5.91 Å². The minimum atomic E-state index is -0.0725. The van der Waals surface area contributed by atoms with E-state index < -0.39 is 0 Å². The molecule has 1 aromatic carbocycles. The molecular weight excluding hydrogens is 274 g/mol. The van der Waals surface area contributed by atoms with E-state index in [1.165, 1.54) is 5.56 Å². The maximum absolute atomic E-state index is 12.0. The molecule has 4 nitrogen and oxygen atoms in total. The zero-order valence-corrected chi connectivity index (χ0v) is 13.2. The molecule has 0 radical (unpaired) electrons. The fourth-order valence-electron chi connectivity index (χ4n) is 2.15. The predicted octanol–water partition coefficient (Wildman–Crippen LogP) is 3.26. The van der Waals surface area contributed by atoms with Crippen LogP contribution in [0.1, 0.15) is 36.2 Å². The van der Waals surface area contributed by atoms with E-state index in [2.05, 4.69) is 41.6 Å². The number of aryl methyl sites for hydroxylation is 1. The number of pyridine rings is 1. The molecular formula is C18H23N3O. The largest absolute Gasteiger partial charge is 0.368 e. The molecule has 0 aliphatic carbocycles. The topological polar surface area (TPSA) is 54.0 Å². The molecule has 0 fully saturated rings. The number of carbonyl (C=O) groups excluding carboxylic acids is 1. The summed E-state index contributed by atoms with van der Waals surface area (Å²) in [5.74, 6) is 0.715. The number of benzene rings is 1. The molecule has 2 aromatic rings. The van der Waals surface area contributed by atoms with Crippen molar-refractivity contribution in [3.63, 3.8) is 0 Å². The Morgan fingerprint density at radius 3 is 2.55 bits per heavy atom. The second kappa shape index (κ2) is 8.17. The van der Waals surface area contributed by atoms with Crippen molar-refractivity contribution >= 4 is 11.7 Å². The van der Waals surface area contributed by atoms with Crippen molar-refractivity contribution in [3.8, 4) is 0 Å². The van der Waals surface area contributed by atoms with Gasteiger partial charge in [-0.2, -0.15) is 0 Å². The Hall–Kier alpha value is -2.36. The van der Waals surface area contributed by atoms with Crippen LogP contribution in [0.25, 0.3) is 0 Å². The summed E-state index contributed by atoms with van der Waals surface area (Å²) in [5, 5.41) is 6.13. The third-order valence-electron chi connectivity index (χ3n) is 3.23. The molecule has 0 atom stereocenters. The smallest absolute Gasteiger partial charge is 0.252 e. The lowest BCUT2D eigenvalue weighted by Crippen LogP contribution is -2.25. The molecule has 1 amide bonds. The van der Waals surface area contributed by atoms with Crippen LogP contribution in [0.15, 0.2) is 48.7 Å². The molecule has 0 saturated carbocycles. The van der Waals surface area contributed by atoms with E-state index in [1.807, 2.05) is 24.3 Å². The number of rotatable bonds is 7. The number of hydrogen-bond acceptors (Lipinski definition) is 3. The average Bonchev–Trinajstić information content (AvgIpc) is 2.52. The van der Waals surface area contributed by atoms with Crippen LogP contribution in [0.5, 0.6) is 0 Å². The molecule has 1 aromatic heterocycles. The lowest BCUT2D eigenvalue weighted by atomic mass is 10.1. The Morgan fingerprint density at radius 1 is 1.14 bits per heavy atom. The summed E-state index contributed by atoms with van der Waals surface area (Å²) in [6, 6.07) is 14.2. The number of nitrogens with zero attached hydrogens (tertiary/aromatic N) is 1. The zero-order valence-electron chi connectivity index (χ0n) is 13.2. The van der Waals surface area contributed by atoms with Gasteiger partial charge in [0, 0.05) is 18.8 Å². The molecule has 2 N–H and O–H groups in total. The van der Waals surface area contributed by atoms with E-state index in [9.17, 15) is 4.79 Å². The predicted molar refractivity (Wildman–Crippen MR) is 90.1 cm³/mol. The van der Waals surface area contributed by atoms with Crippen molar-refractivity contribution in [2.24, 2.45) is 0 Å². The number of aromatic nitrogens is 1. The SMILES string of the molecule is CC(C)Nc1ccc(C(=O)NCCCc2ccccc2)cn1. The van der Waals surface area contributed by atoms with Gasteiger partial charge in [-0.1, -0.05) is 30.3 Å². The molecule has 2 rings (SSSR count). The van der Waals surface area contributed by atoms with Crippen LogP contribution in [-0.2, 0) is 6.42 Å². The second-order valence-electron chi connectivity index (χ2n) is 5.58. The number of anilines is 1. The maximum atomic E-state index is 12.0. The Morgan fingerprint density at radius 2 is 1.91 bits per heavy atom. The lowest BCUT2D eigenvalue weighted by Gasteiger charge is -2.09. The van der Waals surface area contributed by atoms with Crippen LogP contribution in [0.4, 0.5) is 5.82 Å². The summed E-state index contributed by atoms with van der Waals surface area (Å²) >= 11 is 0. The minimum absolute atomic E-state index is 0.0725. The van der Waals surface area contributed by atoms with Gasteiger partial charge in [-0.3, -0.25) is 4.79 Å². The monoisotopic (exact) mass is 297 g/mol. The van der Waals surface area contributed by atoms with Crippen LogP contribution in [-0.4, -0.2) is 23.5 Å². The third kappa shape index (κ3) is 5.20. The molecule has 0 spiro atoms. The van der Waals surface area contributed by atoms with Gasteiger partial charge in [-0.25, -0.2) is 4.98 Å². The molecule has 1 heterocycles. The fourth-order valence-corrected chi connectivity index (χ4v) is 2.15. The molecule has 4 heteroatoms. The summed E-state index contributed by atoms with van der Waals surface area (Å²) in [5.41, 5.74) is 1.89. The summed E-state index contributed by atoms with van der Waals surface area (Å²) < 4.78 is 0. The third-order valence-corrected chi connectivity index (χ3v) is 3.23. The molecule has 0 unspecified atom stereocenters. The summed E-state index contributed by atoms with van der Waals surface area (Å²) in [6.07, 6.45) is 3.50. The van der Waals surface area contributed by atoms with E-state index in [0.717, 1.165) is 18.7 Å².